The minimum atomic E-state index is -0.313. The molecular formula is C16H18BrFN2O. The molecule has 3 nitrogen and oxygen atoms in total. The number of nitrogens with one attached hydrogen (secondary N) is 1. The van der Waals surface area contributed by atoms with Gasteiger partial charge in [0.25, 0.3) is 0 Å². The predicted molar refractivity (Wildman–Crippen MR) is 85.1 cm³/mol. The van der Waals surface area contributed by atoms with Crippen LogP contribution in [0.3, 0.4) is 0 Å². The summed E-state index contributed by atoms with van der Waals surface area (Å²) in [4.78, 5) is 4.39. The van der Waals surface area contributed by atoms with Gasteiger partial charge >= 0.3 is 0 Å². The Morgan fingerprint density at radius 1 is 1.29 bits per heavy atom. The van der Waals surface area contributed by atoms with Crippen molar-refractivity contribution in [2.45, 2.75) is 26.3 Å². The molecule has 0 fully saturated rings. The van der Waals surface area contributed by atoms with E-state index >= 15 is 0 Å². The van der Waals surface area contributed by atoms with Crippen LogP contribution in [0, 0.1) is 5.82 Å². The smallest absolute Gasteiger partial charge is 0.145 e. The van der Waals surface area contributed by atoms with E-state index in [1.165, 1.54) is 6.07 Å². The minimum absolute atomic E-state index is 0.207. The standard InChI is InChI=1S/C16H18BrFN2O/c1-3-8-19-11(2)16-7-5-13(10-20-16)21-12-4-6-15(18)14(17)9-12/h4-7,9-11,19H,3,8H2,1-2H3. The molecule has 1 unspecified atom stereocenters. The van der Waals surface area contributed by atoms with Crippen LogP contribution in [0.4, 0.5) is 4.39 Å². The highest BCUT2D eigenvalue weighted by molar-refractivity contribution is 9.10. The van der Waals surface area contributed by atoms with E-state index in [0.29, 0.717) is 16.0 Å². The number of pyridine rings is 1. The average Bonchev–Trinajstić information content (AvgIpc) is 2.49. The number of ether oxygens (including phenoxy) is 1. The van der Waals surface area contributed by atoms with Crippen molar-refractivity contribution >= 4 is 15.9 Å². The van der Waals surface area contributed by atoms with Gasteiger partial charge in [0.2, 0.25) is 0 Å². The van der Waals surface area contributed by atoms with Gasteiger partial charge in [-0.05, 0) is 66.2 Å². The Hall–Kier alpha value is -1.46. The van der Waals surface area contributed by atoms with Crippen LogP contribution in [-0.4, -0.2) is 11.5 Å². The van der Waals surface area contributed by atoms with Crippen molar-refractivity contribution in [3.8, 4) is 11.5 Å². The number of nitrogens with zero attached hydrogens (tertiary/aromatic N) is 1. The van der Waals surface area contributed by atoms with Gasteiger partial charge in [0, 0.05) is 6.04 Å². The molecule has 0 spiro atoms. The van der Waals surface area contributed by atoms with Crippen molar-refractivity contribution in [1.29, 1.82) is 0 Å². The summed E-state index contributed by atoms with van der Waals surface area (Å²) in [6.07, 6.45) is 2.77. The van der Waals surface area contributed by atoms with Crippen molar-refractivity contribution in [3.63, 3.8) is 0 Å². The topological polar surface area (TPSA) is 34.1 Å². The summed E-state index contributed by atoms with van der Waals surface area (Å²) < 4.78 is 19.2. The third kappa shape index (κ3) is 4.51. The highest BCUT2D eigenvalue weighted by Crippen LogP contribution is 2.26. The third-order valence-corrected chi connectivity index (χ3v) is 3.64. The van der Waals surface area contributed by atoms with Crippen LogP contribution in [0.15, 0.2) is 41.0 Å². The van der Waals surface area contributed by atoms with Gasteiger partial charge in [0.1, 0.15) is 17.3 Å². The van der Waals surface area contributed by atoms with Crippen LogP contribution >= 0.6 is 15.9 Å². The fourth-order valence-electron chi connectivity index (χ4n) is 1.85. The average molecular weight is 353 g/mol. The van der Waals surface area contributed by atoms with Crippen molar-refractivity contribution in [3.05, 3.63) is 52.5 Å². The highest BCUT2D eigenvalue weighted by atomic mass is 79.9. The van der Waals surface area contributed by atoms with E-state index in [1.54, 1.807) is 18.3 Å². The summed E-state index contributed by atoms with van der Waals surface area (Å²) in [6, 6.07) is 8.54. The Bertz CT molecular complexity index is 589. The van der Waals surface area contributed by atoms with Gasteiger partial charge in [-0.3, -0.25) is 4.98 Å². The van der Waals surface area contributed by atoms with Crippen LogP contribution in [0.1, 0.15) is 32.0 Å². The van der Waals surface area contributed by atoms with Gasteiger partial charge in [-0.2, -0.15) is 0 Å². The monoisotopic (exact) mass is 352 g/mol. The molecule has 0 amide bonds. The van der Waals surface area contributed by atoms with E-state index in [1.807, 2.05) is 12.1 Å². The zero-order valence-electron chi connectivity index (χ0n) is 12.1. The van der Waals surface area contributed by atoms with Crippen LogP contribution in [-0.2, 0) is 0 Å². The highest BCUT2D eigenvalue weighted by Gasteiger charge is 2.07. The fraction of sp³-hybridized carbons (Fsp3) is 0.312. The molecule has 2 aromatic rings. The van der Waals surface area contributed by atoms with Crippen molar-refractivity contribution in [2.75, 3.05) is 6.54 Å². The number of hydrogen-bond acceptors (Lipinski definition) is 3. The van der Waals surface area contributed by atoms with Crippen molar-refractivity contribution in [2.24, 2.45) is 0 Å². The lowest BCUT2D eigenvalue weighted by atomic mass is 10.2. The number of rotatable bonds is 6. The van der Waals surface area contributed by atoms with Crippen LogP contribution in [0.5, 0.6) is 11.5 Å². The second-order valence-electron chi connectivity index (χ2n) is 4.77. The summed E-state index contributed by atoms with van der Waals surface area (Å²) in [5.41, 5.74) is 0.969. The first-order valence-electron chi connectivity index (χ1n) is 6.92. The fourth-order valence-corrected chi connectivity index (χ4v) is 2.21. The number of benzene rings is 1. The van der Waals surface area contributed by atoms with E-state index in [0.717, 1.165) is 18.7 Å². The first kappa shape index (κ1) is 15.9. The summed E-state index contributed by atoms with van der Waals surface area (Å²) in [5.74, 6) is 0.876. The van der Waals surface area contributed by atoms with E-state index in [4.69, 9.17) is 4.74 Å². The SMILES string of the molecule is CCCNC(C)c1ccc(Oc2ccc(F)c(Br)c2)cn1. The molecule has 1 heterocycles. The molecule has 1 aromatic carbocycles. The Labute approximate surface area is 132 Å². The molecule has 0 radical (unpaired) electrons. The van der Waals surface area contributed by atoms with Gasteiger partial charge < -0.3 is 10.1 Å². The van der Waals surface area contributed by atoms with Crippen LogP contribution < -0.4 is 10.1 Å². The largest absolute Gasteiger partial charge is 0.456 e. The molecule has 0 bridgehead atoms. The van der Waals surface area contributed by atoms with E-state index in [9.17, 15) is 4.39 Å². The second-order valence-corrected chi connectivity index (χ2v) is 5.63. The summed E-state index contributed by atoms with van der Waals surface area (Å²) in [5, 5.41) is 3.38. The molecule has 5 heteroatoms. The lowest BCUT2D eigenvalue weighted by Gasteiger charge is -2.13. The van der Waals surface area contributed by atoms with E-state index in [-0.39, 0.29) is 11.9 Å². The molecule has 0 saturated carbocycles. The Balaban J connectivity index is 2.03. The first-order valence-corrected chi connectivity index (χ1v) is 7.71. The zero-order chi connectivity index (χ0) is 15.2. The lowest BCUT2D eigenvalue weighted by Crippen LogP contribution is -2.20. The van der Waals surface area contributed by atoms with E-state index in [2.05, 4.69) is 40.1 Å². The molecule has 21 heavy (non-hydrogen) atoms. The number of halogens is 2. The Morgan fingerprint density at radius 3 is 2.67 bits per heavy atom. The summed E-state index contributed by atoms with van der Waals surface area (Å²) in [6.45, 7) is 5.17. The summed E-state index contributed by atoms with van der Waals surface area (Å²) >= 11 is 3.14. The molecule has 1 atom stereocenters. The first-order chi connectivity index (χ1) is 10.1. The van der Waals surface area contributed by atoms with Crippen LogP contribution in [0.2, 0.25) is 0 Å². The molecule has 1 N–H and O–H groups in total. The number of aromatic nitrogens is 1. The zero-order valence-corrected chi connectivity index (χ0v) is 13.7. The second kappa shape index (κ2) is 7.52. The normalized spacial score (nSPS) is 12.2. The molecule has 0 aliphatic carbocycles. The van der Waals surface area contributed by atoms with Gasteiger partial charge in [-0.1, -0.05) is 6.92 Å². The Kier molecular flexibility index (Phi) is 5.70. The molecule has 0 aliphatic heterocycles. The molecule has 0 aliphatic rings. The van der Waals surface area contributed by atoms with Gasteiger partial charge in [-0.15, -0.1) is 0 Å². The molecule has 2 rings (SSSR count). The Morgan fingerprint density at radius 2 is 2.05 bits per heavy atom. The molecular weight excluding hydrogens is 335 g/mol. The quantitative estimate of drug-likeness (QED) is 0.807. The molecule has 1 aromatic heterocycles. The maximum absolute atomic E-state index is 13.2. The predicted octanol–water partition coefficient (Wildman–Crippen LogP) is 4.84. The minimum Gasteiger partial charge on any atom is -0.456 e. The maximum Gasteiger partial charge on any atom is 0.145 e. The van der Waals surface area contributed by atoms with Gasteiger partial charge in [-0.25, -0.2) is 4.39 Å². The molecule has 0 saturated heterocycles. The molecule has 112 valence electrons. The number of hydrogen-bond donors (Lipinski definition) is 1. The van der Waals surface area contributed by atoms with Crippen molar-refractivity contribution < 1.29 is 9.13 Å². The van der Waals surface area contributed by atoms with Crippen LogP contribution in [0.25, 0.3) is 0 Å². The maximum atomic E-state index is 13.2. The van der Waals surface area contributed by atoms with Crippen molar-refractivity contribution in [1.82, 2.24) is 10.3 Å². The lowest BCUT2D eigenvalue weighted by molar-refractivity contribution is 0.475. The summed E-state index contributed by atoms with van der Waals surface area (Å²) in [7, 11) is 0. The van der Waals surface area contributed by atoms with Gasteiger partial charge in [0.05, 0.1) is 16.4 Å². The van der Waals surface area contributed by atoms with Gasteiger partial charge in [0.15, 0.2) is 0 Å². The third-order valence-electron chi connectivity index (χ3n) is 3.03. The van der Waals surface area contributed by atoms with E-state index < -0.39 is 0 Å².